The first kappa shape index (κ1) is 23.5. The molecule has 0 aliphatic carbocycles. The number of carbonyl (C=O) groups excluding carboxylic acids is 1. The van der Waals surface area contributed by atoms with Gasteiger partial charge < -0.3 is 19.3 Å². The van der Waals surface area contributed by atoms with Crippen molar-refractivity contribution in [2.24, 2.45) is 0 Å². The van der Waals surface area contributed by atoms with Crippen molar-refractivity contribution >= 4 is 5.78 Å². The average molecular weight is 488 g/mol. The quantitative estimate of drug-likeness (QED) is 0.343. The van der Waals surface area contributed by atoms with Gasteiger partial charge in [0.1, 0.15) is 59.2 Å². The van der Waals surface area contributed by atoms with Crippen LogP contribution in [0.4, 0.5) is 0 Å². The molecular weight excluding hydrogens is 468 g/mol. The molecule has 4 aromatic carbocycles. The lowest BCUT2D eigenvalue weighted by Gasteiger charge is -2.26. The molecule has 1 aliphatic heterocycles. The molecule has 1 N–H and O–H groups in total. The lowest BCUT2D eigenvalue weighted by atomic mass is 9.95. The molecular formula is C30H20N2O5. The Balaban J connectivity index is 1.33. The maximum atomic E-state index is 12.9. The highest BCUT2D eigenvalue weighted by Gasteiger charge is 2.31. The number of Topliss-reactive ketones (excluding diaryl/α,β-unsaturated/α-hetero) is 1. The van der Waals surface area contributed by atoms with Gasteiger partial charge in [0.2, 0.25) is 0 Å². The Hall–Kier alpha value is -5.27. The number of hydrogen-bond donors (Lipinski definition) is 1. The Morgan fingerprint density at radius 2 is 1.59 bits per heavy atom. The first-order valence-electron chi connectivity index (χ1n) is 11.5. The number of phenols is 1. The van der Waals surface area contributed by atoms with Crippen molar-refractivity contribution in [3.8, 4) is 40.9 Å². The highest BCUT2D eigenvalue weighted by atomic mass is 16.5. The molecule has 0 aromatic heterocycles. The number of fused-ring (bicyclic) bond motifs is 1. The second-order valence-electron chi connectivity index (χ2n) is 8.43. The summed E-state index contributed by atoms with van der Waals surface area (Å²) in [5.74, 6) is 0.930. The van der Waals surface area contributed by atoms with E-state index in [1.54, 1.807) is 6.07 Å². The van der Waals surface area contributed by atoms with Crippen LogP contribution in [0.25, 0.3) is 0 Å². The molecule has 0 radical (unpaired) electrons. The maximum Gasteiger partial charge on any atom is 0.174 e. The van der Waals surface area contributed by atoms with Crippen LogP contribution in [0, 0.1) is 22.7 Å². The molecule has 0 bridgehead atoms. The van der Waals surface area contributed by atoms with Crippen LogP contribution >= 0.6 is 0 Å². The topological polar surface area (TPSA) is 113 Å². The first-order chi connectivity index (χ1) is 18.0. The number of rotatable bonds is 6. The summed E-state index contributed by atoms with van der Waals surface area (Å²) in [7, 11) is 0. The Morgan fingerprint density at radius 3 is 2.32 bits per heavy atom. The lowest BCUT2D eigenvalue weighted by molar-refractivity contribution is 0.0845. The van der Waals surface area contributed by atoms with Gasteiger partial charge in [-0.15, -0.1) is 0 Å². The van der Waals surface area contributed by atoms with Crippen LogP contribution in [0.2, 0.25) is 0 Å². The second kappa shape index (κ2) is 10.2. The van der Waals surface area contributed by atoms with E-state index in [1.165, 1.54) is 24.3 Å². The fraction of sp³-hybridized carbons (Fsp3) is 0.100. The predicted molar refractivity (Wildman–Crippen MR) is 134 cm³/mol. The van der Waals surface area contributed by atoms with Crippen LogP contribution in [0.1, 0.15) is 45.1 Å². The molecule has 1 unspecified atom stereocenters. The Bertz CT molecular complexity index is 1550. The molecule has 0 fully saturated rings. The molecule has 5 rings (SSSR count). The summed E-state index contributed by atoms with van der Waals surface area (Å²) in [6.07, 6.45) is -0.468. The summed E-state index contributed by atoms with van der Waals surface area (Å²) in [5.41, 5.74) is 2.36. The van der Waals surface area contributed by atoms with Gasteiger partial charge in [-0.05, 0) is 41.5 Å². The van der Waals surface area contributed by atoms with Crippen molar-refractivity contribution in [3.63, 3.8) is 0 Å². The van der Waals surface area contributed by atoms with Crippen LogP contribution in [-0.2, 0) is 6.61 Å². The molecule has 7 heteroatoms. The Kier molecular flexibility index (Phi) is 6.44. The molecule has 1 atom stereocenters. The van der Waals surface area contributed by atoms with Crippen LogP contribution in [0.15, 0.2) is 84.9 Å². The summed E-state index contributed by atoms with van der Waals surface area (Å²) < 4.78 is 17.7. The van der Waals surface area contributed by atoms with Gasteiger partial charge in [0.05, 0.1) is 17.5 Å². The minimum Gasteiger partial charge on any atom is -0.507 e. The number of nitriles is 2. The van der Waals surface area contributed by atoms with Crippen molar-refractivity contribution in [3.05, 3.63) is 113 Å². The first-order valence-corrected chi connectivity index (χ1v) is 11.5. The van der Waals surface area contributed by atoms with Crippen LogP contribution in [-0.4, -0.2) is 10.9 Å². The molecule has 7 nitrogen and oxygen atoms in total. The van der Waals surface area contributed by atoms with Crippen molar-refractivity contribution in [1.82, 2.24) is 0 Å². The molecule has 1 aliphatic rings. The number of ketones is 1. The Labute approximate surface area is 213 Å². The summed E-state index contributed by atoms with van der Waals surface area (Å²) in [4.78, 5) is 12.9. The SMILES string of the molecule is N#Cc1ccc(Oc2cc(O)c3c(c2)OC(c2ccc(OCc4ccccc4)cc2)CC3=O)cc1C#N. The van der Waals surface area contributed by atoms with E-state index < -0.39 is 6.10 Å². The second-order valence-corrected chi connectivity index (χ2v) is 8.43. The highest BCUT2D eigenvalue weighted by Crippen LogP contribution is 2.43. The van der Waals surface area contributed by atoms with Gasteiger partial charge in [-0.3, -0.25) is 4.79 Å². The van der Waals surface area contributed by atoms with Gasteiger partial charge in [0.15, 0.2) is 5.78 Å². The van der Waals surface area contributed by atoms with E-state index in [1.807, 2.05) is 66.7 Å². The van der Waals surface area contributed by atoms with Gasteiger partial charge >= 0.3 is 0 Å². The van der Waals surface area contributed by atoms with E-state index in [-0.39, 0.29) is 46.1 Å². The molecule has 0 saturated carbocycles. The number of hydrogen-bond acceptors (Lipinski definition) is 7. The minimum absolute atomic E-state index is 0.0755. The monoisotopic (exact) mass is 488 g/mol. The van der Waals surface area contributed by atoms with Gasteiger partial charge in [-0.2, -0.15) is 10.5 Å². The van der Waals surface area contributed by atoms with Crippen molar-refractivity contribution in [1.29, 1.82) is 10.5 Å². The Morgan fingerprint density at radius 1 is 0.865 bits per heavy atom. The van der Waals surface area contributed by atoms with E-state index in [0.29, 0.717) is 18.1 Å². The molecule has 1 heterocycles. The normalized spacial score (nSPS) is 14.0. The van der Waals surface area contributed by atoms with E-state index in [9.17, 15) is 15.2 Å². The summed E-state index contributed by atoms with van der Waals surface area (Å²) in [5, 5.41) is 28.9. The van der Waals surface area contributed by atoms with Crippen molar-refractivity contribution in [2.45, 2.75) is 19.1 Å². The average Bonchev–Trinajstić information content (AvgIpc) is 2.92. The van der Waals surface area contributed by atoms with Crippen LogP contribution < -0.4 is 14.2 Å². The largest absolute Gasteiger partial charge is 0.507 e. The fourth-order valence-corrected chi connectivity index (χ4v) is 4.09. The summed E-state index contributed by atoms with van der Waals surface area (Å²) >= 11 is 0. The van der Waals surface area contributed by atoms with E-state index in [4.69, 9.17) is 19.5 Å². The number of benzene rings is 4. The molecule has 0 amide bonds. The zero-order valence-electron chi connectivity index (χ0n) is 19.5. The van der Waals surface area contributed by atoms with E-state index in [0.717, 1.165) is 11.1 Å². The maximum absolute atomic E-state index is 12.9. The van der Waals surface area contributed by atoms with Gasteiger partial charge in [-0.25, -0.2) is 0 Å². The van der Waals surface area contributed by atoms with E-state index >= 15 is 0 Å². The number of nitrogens with zero attached hydrogens (tertiary/aromatic N) is 2. The van der Waals surface area contributed by atoms with Crippen LogP contribution in [0.5, 0.6) is 28.7 Å². The van der Waals surface area contributed by atoms with Gasteiger partial charge in [0.25, 0.3) is 0 Å². The molecule has 37 heavy (non-hydrogen) atoms. The predicted octanol–water partition coefficient (Wildman–Crippen LogP) is 6.21. The van der Waals surface area contributed by atoms with Crippen LogP contribution in [0.3, 0.4) is 0 Å². The number of phenolic OH excluding ortho intramolecular Hbond substituents is 1. The zero-order chi connectivity index (χ0) is 25.8. The highest BCUT2D eigenvalue weighted by molar-refractivity contribution is 6.02. The third-order valence-corrected chi connectivity index (χ3v) is 5.94. The zero-order valence-corrected chi connectivity index (χ0v) is 19.5. The van der Waals surface area contributed by atoms with Gasteiger partial charge in [0, 0.05) is 12.1 Å². The van der Waals surface area contributed by atoms with Gasteiger partial charge in [-0.1, -0.05) is 42.5 Å². The standard InChI is InChI=1S/C30H20N2O5/c31-16-21-8-11-24(12-22(21)17-32)36-25-13-26(33)30-27(34)15-28(37-29(30)14-25)20-6-9-23(10-7-20)35-18-19-4-2-1-3-5-19/h1-14,28,33H,15,18H2. The summed E-state index contributed by atoms with van der Waals surface area (Å²) in [6, 6.07) is 28.4. The molecule has 0 saturated heterocycles. The smallest absolute Gasteiger partial charge is 0.174 e. The van der Waals surface area contributed by atoms with E-state index in [2.05, 4.69) is 0 Å². The third kappa shape index (κ3) is 5.07. The lowest BCUT2D eigenvalue weighted by Crippen LogP contribution is -2.20. The van der Waals surface area contributed by atoms with Crippen molar-refractivity contribution in [2.75, 3.05) is 0 Å². The number of aromatic hydroxyl groups is 1. The fourth-order valence-electron chi connectivity index (χ4n) is 4.09. The molecule has 180 valence electrons. The molecule has 0 spiro atoms. The number of ether oxygens (including phenoxy) is 3. The minimum atomic E-state index is -0.544. The molecule has 4 aromatic rings. The third-order valence-electron chi connectivity index (χ3n) is 5.94. The van der Waals surface area contributed by atoms with Crippen molar-refractivity contribution < 1.29 is 24.1 Å². The summed E-state index contributed by atoms with van der Waals surface area (Å²) in [6.45, 7) is 0.448. The number of carbonyl (C=O) groups is 1.